The topological polar surface area (TPSA) is 60.7 Å². The zero-order valence-corrected chi connectivity index (χ0v) is 10.2. The van der Waals surface area contributed by atoms with Crippen molar-refractivity contribution in [2.75, 3.05) is 24.6 Å². The van der Waals surface area contributed by atoms with E-state index in [9.17, 15) is 0 Å². The third-order valence-electron chi connectivity index (χ3n) is 3.00. The fourth-order valence-electron chi connectivity index (χ4n) is 1.50. The predicted molar refractivity (Wildman–Crippen MR) is 62.9 cm³/mol. The summed E-state index contributed by atoms with van der Waals surface area (Å²) in [6, 6.07) is 0. The van der Waals surface area contributed by atoms with Crippen LogP contribution >= 0.6 is 7.26 Å². The summed E-state index contributed by atoms with van der Waals surface area (Å²) in [5.74, 6) is 0. The van der Waals surface area contributed by atoms with E-state index in [1.54, 1.807) is 0 Å². The molecule has 0 aromatic carbocycles. The zero-order valence-electron chi connectivity index (χ0n) is 9.25. The second kappa shape index (κ2) is 8.95. The van der Waals surface area contributed by atoms with Crippen molar-refractivity contribution in [3.8, 4) is 0 Å². The van der Waals surface area contributed by atoms with Crippen LogP contribution in [0, 0.1) is 0 Å². The van der Waals surface area contributed by atoms with Crippen LogP contribution in [0.2, 0.25) is 0 Å². The fourth-order valence-corrected chi connectivity index (χ4v) is 4.50. The van der Waals surface area contributed by atoms with Crippen molar-refractivity contribution < 1.29 is 15.1 Å². The van der Waals surface area contributed by atoms with Crippen LogP contribution in [0.25, 0.3) is 0 Å². The Morgan fingerprint density at radius 3 is 0.923 bits per heavy atom. The molecule has 82 valence electrons. The van der Waals surface area contributed by atoms with Gasteiger partial charge < -0.3 is 15.1 Å². The zero-order chi connectivity index (χ0) is 10.9. The van der Waals surface area contributed by atoms with Gasteiger partial charge in [0.1, 0.15) is 0 Å². The molecule has 0 saturated carbocycles. The molecule has 0 aliphatic rings. The average molecular weight is 210 g/mol. The van der Waals surface area contributed by atoms with Gasteiger partial charge in [0.2, 0.25) is 0 Å². The molecule has 0 unspecified atom stereocenters. The summed E-state index contributed by atoms with van der Waals surface area (Å²) < 4.78 is 0. The van der Waals surface area contributed by atoms with Crippen LogP contribution < -0.4 is 0 Å². The fraction of sp³-hybridized carbons (Fsp3) is 1.00. The van der Waals surface area contributed by atoms with Crippen LogP contribution in [0.5, 0.6) is 0 Å². The van der Waals surface area contributed by atoms with Gasteiger partial charge in [0, 0.05) is 0 Å². The minimum absolute atomic E-state index is 0.691. The quantitative estimate of drug-likeness (QED) is 0.474. The standard InChI is InChI=1S/C8H21P.BH3O3/c1-5-9(6-2,7-3)8-4;2-1(3)4/h9H,5-8H2,1-4H3;2-4H. The predicted octanol–water partition coefficient (Wildman–Crippen LogP) is 0.764. The van der Waals surface area contributed by atoms with E-state index in [1.165, 1.54) is 24.6 Å². The summed E-state index contributed by atoms with van der Waals surface area (Å²) in [5, 5.41) is 21.5. The summed E-state index contributed by atoms with van der Waals surface area (Å²) in [4.78, 5) is 0. The monoisotopic (exact) mass is 210 g/mol. The normalized spacial score (nSPS) is 11.6. The third kappa shape index (κ3) is 8.70. The van der Waals surface area contributed by atoms with Crippen molar-refractivity contribution in [1.82, 2.24) is 0 Å². The molecule has 0 bridgehead atoms. The van der Waals surface area contributed by atoms with Gasteiger partial charge in [0.25, 0.3) is 0 Å². The van der Waals surface area contributed by atoms with E-state index in [2.05, 4.69) is 27.7 Å². The summed E-state index contributed by atoms with van der Waals surface area (Å²) in [6.07, 6.45) is 5.93. The van der Waals surface area contributed by atoms with Crippen molar-refractivity contribution in [1.29, 1.82) is 0 Å². The molecule has 13 heavy (non-hydrogen) atoms. The van der Waals surface area contributed by atoms with Crippen molar-refractivity contribution in [3.05, 3.63) is 0 Å². The second-order valence-corrected chi connectivity index (χ2v) is 9.09. The molecule has 3 N–H and O–H groups in total. The van der Waals surface area contributed by atoms with Gasteiger partial charge in [-0.05, 0) is 0 Å². The molecule has 0 aromatic rings. The first kappa shape index (κ1) is 15.8. The first-order chi connectivity index (χ1) is 5.97. The smallest absolute Gasteiger partial charge is 0.402 e. The Labute approximate surface area is 82.7 Å². The Balaban J connectivity index is 0. The molecule has 0 spiro atoms. The first-order valence-electron chi connectivity index (χ1n) is 5.02. The van der Waals surface area contributed by atoms with E-state index >= 15 is 0 Å². The Morgan fingerprint density at radius 1 is 0.769 bits per heavy atom. The molecule has 0 amide bonds. The summed E-state index contributed by atoms with van der Waals surface area (Å²) >= 11 is 0. The molecule has 0 heterocycles. The molecule has 0 rings (SSSR count). The van der Waals surface area contributed by atoms with Crippen LogP contribution in [0.3, 0.4) is 0 Å². The SMILES string of the molecule is CC[PH](CC)(CC)CC.OB(O)O. The Hall–Kier alpha value is 0.375. The Bertz CT molecular complexity index is 87.3. The molecular formula is C8H24BO3P. The van der Waals surface area contributed by atoms with E-state index in [-0.39, 0.29) is 0 Å². The molecule has 0 aromatic heterocycles. The van der Waals surface area contributed by atoms with Gasteiger partial charge in [-0.1, -0.05) is 0 Å². The first-order valence-corrected chi connectivity index (χ1v) is 7.85. The van der Waals surface area contributed by atoms with E-state index in [0.717, 1.165) is 0 Å². The van der Waals surface area contributed by atoms with Crippen molar-refractivity contribution in [2.24, 2.45) is 0 Å². The largest absolute Gasteiger partial charge is 0.631 e. The molecule has 0 fully saturated rings. The van der Waals surface area contributed by atoms with Gasteiger partial charge in [-0.25, -0.2) is 0 Å². The number of hydrogen-bond donors (Lipinski definition) is 3. The van der Waals surface area contributed by atoms with Crippen LogP contribution in [0.15, 0.2) is 0 Å². The van der Waals surface area contributed by atoms with Gasteiger partial charge in [0.05, 0.1) is 0 Å². The van der Waals surface area contributed by atoms with Gasteiger partial charge in [-0.2, -0.15) is 0 Å². The molecule has 0 aliphatic heterocycles. The maximum absolute atomic E-state index is 7.17. The maximum Gasteiger partial charge on any atom is 0.631 e. The van der Waals surface area contributed by atoms with Crippen LogP contribution in [0.4, 0.5) is 0 Å². The van der Waals surface area contributed by atoms with Gasteiger partial charge in [0.15, 0.2) is 0 Å². The molecule has 3 nitrogen and oxygen atoms in total. The average Bonchev–Trinajstić information content (AvgIpc) is 2.09. The van der Waals surface area contributed by atoms with E-state index in [0.29, 0.717) is 0 Å². The second-order valence-electron chi connectivity index (χ2n) is 3.26. The molecule has 0 radical (unpaired) electrons. The third-order valence-corrected chi connectivity index (χ3v) is 9.00. The van der Waals surface area contributed by atoms with Crippen molar-refractivity contribution in [3.63, 3.8) is 0 Å². The van der Waals surface area contributed by atoms with E-state index in [4.69, 9.17) is 15.1 Å². The van der Waals surface area contributed by atoms with Gasteiger partial charge in [-0.15, -0.1) is 0 Å². The van der Waals surface area contributed by atoms with E-state index < -0.39 is 14.6 Å². The number of rotatable bonds is 4. The summed E-state index contributed by atoms with van der Waals surface area (Å²) in [5.41, 5.74) is 0. The summed E-state index contributed by atoms with van der Waals surface area (Å²) in [7, 11) is -2.86. The van der Waals surface area contributed by atoms with Gasteiger partial charge >= 0.3 is 66.9 Å². The van der Waals surface area contributed by atoms with Crippen LogP contribution in [-0.4, -0.2) is 47.0 Å². The van der Waals surface area contributed by atoms with Crippen molar-refractivity contribution >= 4 is 14.6 Å². The minimum atomic E-state index is -2.17. The minimum Gasteiger partial charge on any atom is -0.402 e. The Morgan fingerprint density at radius 2 is 0.923 bits per heavy atom. The molecular weight excluding hydrogens is 186 g/mol. The Kier molecular flexibility index (Phi) is 10.9. The maximum atomic E-state index is 7.17. The molecule has 0 atom stereocenters. The van der Waals surface area contributed by atoms with E-state index in [1.807, 2.05) is 0 Å². The summed E-state index contributed by atoms with van der Waals surface area (Å²) in [6.45, 7) is 9.46. The van der Waals surface area contributed by atoms with Crippen molar-refractivity contribution in [2.45, 2.75) is 27.7 Å². The molecule has 0 aliphatic carbocycles. The number of hydrogen-bond acceptors (Lipinski definition) is 3. The molecule has 0 saturated heterocycles. The van der Waals surface area contributed by atoms with Crippen LogP contribution in [-0.2, 0) is 0 Å². The van der Waals surface area contributed by atoms with Gasteiger partial charge in [-0.3, -0.25) is 0 Å². The molecule has 5 heteroatoms. The van der Waals surface area contributed by atoms with Crippen LogP contribution in [0.1, 0.15) is 27.7 Å².